The summed E-state index contributed by atoms with van der Waals surface area (Å²) >= 11 is 8.91. The second-order valence-corrected chi connectivity index (χ2v) is 6.06. The highest BCUT2D eigenvalue weighted by Crippen LogP contribution is 2.24. The fraction of sp³-hybridized carbons (Fsp3) is 0. The first-order chi connectivity index (χ1) is 8.06. The summed E-state index contributed by atoms with van der Waals surface area (Å²) in [6, 6.07) is 7.51. The molecule has 88 valence electrons. The third-order valence-corrected chi connectivity index (χ3v) is 4.10. The second kappa shape index (κ2) is 5.32. The standard InChI is InChI=1S/C11H6ClFINOS/c12-10-4-3-9(17-10)11(16)15-8-2-1-6(13)5-7(8)14/h1-5H,(H,15,16). The number of rotatable bonds is 2. The zero-order valence-corrected chi connectivity index (χ0v) is 12.1. The molecule has 0 aliphatic rings. The molecule has 0 aliphatic heterocycles. The molecule has 1 aromatic heterocycles. The minimum atomic E-state index is -0.327. The number of amides is 1. The van der Waals surface area contributed by atoms with Crippen molar-refractivity contribution in [3.8, 4) is 0 Å². The normalized spacial score (nSPS) is 10.3. The van der Waals surface area contributed by atoms with Crippen molar-refractivity contribution in [3.63, 3.8) is 0 Å². The van der Waals surface area contributed by atoms with Crippen LogP contribution in [-0.2, 0) is 0 Å². The molecule has 0 radical (unpaired) electrons. The van der Waals surface area contributed by atoms with Crippen LogP contribution in [0, 0.1) is 9.39 Å². The van der Waals surface area contributed by atoms with Gasteiger partial charge in [-0.2, -0.15) is 0 Å². The Hall–Kier alpha value is -0.660. The molecule has 0 aliphatic carbocycles. The van der Waals surface area contributed by atoms with Gasteiger partial charge >= 0.3 is 0 Å². The molecule has 0 fully saturated rings. The highest BCUT2D eigenvalue weighted by atomic mass is 127. The van der Waals surface area contributed by atoms with Gasteiger partial charge in [0.05, 0.1) is 14.9 Å². The molecule has 17 heavy (non-hydrogen) atoms. The van der Waals surface area contributed by atoms with E-state index in [1.54, 1.807) is 12.1 Å². The Balaban J connectivity index is 2.18. The van der Waals surface area contributed by atoms with Crippen LogP contribution in [0.15, 0.2) is 30.3 Å². The van der Waals surface area contributed by atoms with Crippen molar-refractivity contribution in [1.29, 1.82) is 0 Å². The fourth-order valence-corrected chi connectivity index (χ4v) is 2.76. The van der Waals surface area contributed by atoms with Crippen LogP contribution in [-0.4, -0.2) is 5.91 Å². The second-order valence-electron chi connectivity index (χ2n) is 3.18. The van der Waals surface area contributed by atoms with Crippen molar-refractivity contribution >= 4 is 57.1 Å². The maximum absolute atomic E-state index is 12.9. The summed E-state index contributed by atoms with van der Waals surface area (Å²) in [5.74, 6) is -0.571. The maximum Gasteiger partial charge on any atom is 0.265 e. The van der Waals surface area contributed by atoms with E-state index in [1.165, 1.54) is 29.5 Å². The number of hydrogen-bond donors (Lipinski definition) is 1. The zero-order chi connectivity index (χ0) is 12.4. The highest BCUT2D eigenvalue weighted by molar-refractivity contribution is 14.1. The summed E-state index contributed by atoms with van der Waals surface area (Å²) in [7, 11) is 0. The molecule has 1 aromatic carbocycles. The number of carbonyl (C=O) groups is 1. The predicted molar refractivity (Wildman–Crippen MR) is 76.4 cm³/mol. The predicted octanol–water partition coefficient (Wildman–Crippen LogP) is 4.40. The first-order valence-electron chi connectivity index (χ1n) is 4.58. The summed E-state index contributed by atoms with van der Waals surface area (Å²) in [5, 5.41) is 2.71. The lowest BCUT2D eigenvalue weighted by atomic mass is 10.3. The Bertz CT molecular complexity index is 572. The van der Waals surface area contributed by atoms with E-state index in [0.29, 0.717) is 18.5 Å². The monoisotopic (exact) mass is 381 g/mol. The van der Waals surface area contributed by atoms with Crippen LogP contribution in [0.4, 0.5) is 10.1 Å². The Labute approximate surface area is 120 Å². The number of benzene rings is 1. The molecule has 1 heterocycles. The molecule has 0 bridgehead atoms. The molecule has 0 saturated carbocycles. The van der Waals surface area contributed by atoms with E-state index >= 15 is 0 Å². The average Bonchev–Trinajstić information content (AvgIpc) is 2.69. The topological polar surface area (TPSA) is 29.1 Å². The molecule has 0 atom stereocenters. The van der Waals surface area contributed by atoms with Gasteiger partial charge in [-0.05, 0) is 52.9 Å². The summed E-state index contributed by atoms with van der Waals surface area (Å²) < 4.78 is 14.1. The minimum absolute atomic E-state index is 0.244. The van der Waals surface area contributed by atoms with E-state index < -0.39 is 0 Å². The maximum atomic E-state index is 12.9. The lowest BCUT2D eigenvalue weighted by Gasteiger charge is -2.05. The lowest BCUT2D eigenvalue weighted by molar-refractivity contribution is 0.103. The summed E-state index contributed by atoms with van der Waals surface area (Å²) in [6.45, 7) is 0. The van der Waals surface area contributed by atoms with Crippen molar-refractivity contribution < 1.29 is 9.18 Å². The number of anilines is 1. The van der Waals surface area contributed by atoms with Crippen molar-refractivity contribution in [2.75, 3.05) is 5.32 Å². The highest BCUT2D eigenvalue weighted by Gasteiger charge is 2.10. The van der Waals surface area contributed by atoms with Crippen LogP contribution >= 0.6 is 45.5 Å². The van der Waals surface area contributed by atoms with Gasteiger partial charge in [-0.15, -0.1) is 11.3 Å². The number of halogens is 3. The van der Waals surface area contributed by atoms with Gasteiger partial charge in [-0.1, -0.05) is 11.6 Å². The van der Waals surface area contributed by atoms with Gasteiger partial charge in [-0.3, -0.25) is 4.79 Å². The first kappa shape index (κ1) is 12.8. The Morgan fingerprint density at radius 1 is 1.35 bits per heavy atom. The van der Waals surface area contributed by atoms with Crippen LogP contribution in [0.3, 0.4) is 0 Å². The molecule has 0 saturated heterocycles. The molecule has 6 heteroatoms. The fourth-order valence-electron chi connectivity index (χ4n) is 1.21. The zero-order valence-electron chi connectivity index (χ0n) is 8.34. The number of hydrogen-bond acceptors (Lipinski definition) is 2. The summed E-state index contributed by atoms with van der Waals surface area (Å²) in [5.41, 5.74) is 0.585. The van der Waals surface area contributed by atoms with E-state index in [0.717, 1.165) is 0 Å². The third kappa shape index (κ3) is 3.17. The minimum Gasteiger partial charge on any atom is -0.320 e. The Morgan fingerprint density at radius 3 is 2.71 bits per heavy atom. The Morgan fingerprint density at radius 2 is 2.12 bits per heavy atom. The van der Waals surface area contributed by atoms with Crippen LogP contribution in [0.25, 0.3) is 0 Å². The molecule has 1 N–H and O–H groups in total. The van der Waals surface area contributed by atoms with Crippen molar-refractivity contribution in [2.45, 2.75) is 0 Å². The Kier molecular flexibility index (Phi) is 4.01. The van der Waals surface area contributed by atoms with Gasteiger partial charge in [0, 0.05) is 3.57 Å². The molecular formula is C11H6ClFINOS. The van der Waals surface area contributed by atoms with E-state index in [4.69, 9.17) is 11.6 Å². The molecular weight excluding hydrogens is 376 g/mol. The molecule has 0 unspecified atom stereocenters. The van der Waals surface area contributed by atoms with Gasteiger partial charge in [0.1, 0.15) is 5.82 Å². The number of carbonyl (C=O) groups excluding carboxylic acids is 1. The lowest BCUT2D eigenvalue weighted by Crippen LogP contribution is -2.11. The number of thiophene rings is 1. The van der Waals surface area contributed by atoms with E-state index in [1.807, 2.05) is 22.6 Å². The smallest absolute Gasteiger partial charge is 0.265 e. The molecule has 1 amide bonds. The van der Waals surface area contributed by atoms with Crippen LogP contribution in [0.5, 0.6) is 0 Å². The first-order valence-corrected chi connectivity index (χ1v) is 6.85. The molecule has 2 aromatic rings. The largest absolute Gasteiger partial charge is 0.320 e. The van der Waals surface area contributed by atoms with Gasteiger partial charge < -0.3 is 5.32 Å². The van der Waals surface area contributed by atoms with Gasteiger partial charge in [0.15, 0.2) is 0 Å². The molecule has 2 rings (SSSR count). The van der Waals surface area contributed by atoms with Crippen molar-refractivity contribution in [1.82, 2.24) is 0 Å². The SMILES string of the molecule is O=C(Nc1ccc(F)cc1I)c1ccc(Cl)s1. The van der Waals surface area contributed by atoms with E-state index in [2.05, 4.69) is 5.32 Å². The van der Waals surface area contributed by atoms with Crippen LogP contribution in [0.2, 0.25) is 4.34 Å². The van der Waals surface area contributed by atoms with Gasteiger partial charge in [0.2, 0.25) is 0 Å². The van der Waals surface area contributed by atoms with Crippen molar-refractivity contribution in [2.24, 2.45) is 0 Å². The molecule has 2 nitrogen and oxygen atoms in total. The average molecular weight is 382 g/mol. The summed E-state index contributed by atoms with van der Waals surface area (Å²) in [6.07, 6.45) is 0. The molecule has 0 spiro atoms. The van der Waals surface area contributed by atoms with Crippen LogP contribution < -0.4 is 5.32 Å². The van der Waals surface area contributed by atoms with Gasteiger partial charge in [-0.25, -0.2) is 4.39 Å². The van der Waals surface area contributed by atoms with E-state index in [-0.39, 0.29) is 11.7 Å². The quantitative estimate of drug-likeness (QED) is 0.768. The third-order valence-electron chi connectivity index (χ3n) is 1.98. The summed E-state index contributed by atoms with van der Waals surface area (Å²) in [4.78, 5) is 12.3. The van der Waals surface area contributed by atoms with Gasteiger partial charge in [0.25, 0.3) is 5.91 Å². The number of nitrogens with one attached hydrogen (secondary N) is 1. The van der Waals surface area contributed by atoms with Crippen molar-refractivity contribution in [3.05, 3.63) is 48.9 Å². The van der Waals surface area contributed by atoms with E-state index in [9.17, 15) is 9.18 Å². The van der Waals surface area contributed by atoms with Crippen LogP contribution in [0.1, 0.15) is 9.67 Å².